The maximum Gasteiger partial charge on any atom is 0.0233 e. The molecule has 1 aromatic carbocycles. The normalized spacial score (nSPS) is 18.8. The van der Waals surface area contributed by atoms with Crippen LogP contribution in [0.3, 0.4) is 0 Å². The van der Waals surface area contributed by atoms with Gasteiger partial charge in [0.15, 0.2) is 0 Å². The number of likely N-dealkylation sites (tertiary alicyclic amines) is 1. The molecule has 0 radical (unpaired) electrons. The van der Waals surface area contributed by atoms with Gasteiger partial charge in [-0.1, -0.05) is 42.3 Å². The molecule has 0 aliphatic carbocycles. The third-order valence-corrected chi connectivity index (χ3v) is 4.11. The summed E-state index contributed by atoms with van der Waals surface area (Å²) < 4.78 is 3.20. The summed E-state index contributed by atoms with van der Waals surface area (Å²) in [6.45, 7) is 3.57. The molecular weight excluding hydrogens is 216 g/mol. The molecule has 1 saturated heterocycles. The molecule has 0 amide bonds. The number of benzene rings is 1. The van der Waals surface area contributed by atoms with E-state index in [2.05, 4.69) is 40.0 Å². The fourth-order valence-electron chi connectivity index (χ4n) is 2.19. The van der Waals surface area contributed by atoms with Crippen molar-refractivity contribution < 1.29 is 0 Å². The summed E-state index contributed by atoms with van der Waals surface area (Å²) in [7, 11) is 2.01. The highest BCUT2D eigenvalue weighted by Crippen LogP contribution is 2.21. The molecule has 2 nitrogen and oxygen atoms in total. The maximum absolute atomic E-state index is 3.20. The summed E-state index contributed by atoms with van der Waals surface area (Å²) in [5.41, 5.74) is 1.43. The lowest BCUT2D eigenvalue weighted by Crippen LogP contribution is -2.35. The average molecular weight is 236 g/mol. The summed E-state index contributed by atoms with van der Waals surface area (Å²) in [6, 6.07) is 10.8. The minimum absolute atomic E-state index is 0.803. The van der Waals surface area contributed by atoms with Gasteiger partial charge in [0.2, 0.25) is 0 Å². The number of hydrogen-bond donors (Lipinski definition) is 1. The van der Waals surface area contributed by atoms with Gasteiger partial charge in [0.1, 0.15) is 0 Å². The number of nitrogens with zero attached hydrogens (tertiary/aromatic N) is 1. The van der Waals surface area contributed by atoms with E-state index in [-0.39, 0.29) is 0 Å². The zero-order valence-electron chi connectivity index (χ0n) is 9.86. The highest BCUT2D eigenvalue weighted by molar-refractivity contribution is 7.98. The summed E-state index contributed by atoms with van der Waals surface area (Å²) in [6.07, 6.45) is 2.61. The topological polar surface area (TPSA) is 15.3 Å². The van der Waals surface area contributed by atoms with Crippen molar-refractivity contribution in [2.45, 2.75) is 24.6 Å². The first-order valence-corrected chi connectivity index (χ1v) is 6.85. The van der Waals surface area contributed by atoms with Gasteiger partial charge in [0, 0.05) is 11.8 Å². The molecule has 1 fully saturated rings. The van der Waals surface area contributed by atoms with E-state index in [1.165, 1.54) is 31.5 Å². The minimum Gasteiger partial charge on any atom is -0.299 e. The molecule has 1 N–H and O–H groups in total. The van der Waals surface area contributed by atoms with Gasteiger partial charge in [0.05, 0.1) is 0 Å². The second-order valence-electron chi connectivity index (χ2n) is 4.28. The Morgan fingerprint density at radius 1 is 1.25 bits per heavy atom. The number of nitrogens with one attached hydrogen (secondary N) is 1. The Morgan fingerprint density at radius 3 is 2.56 bits per heavy atom. The molecule has 1 aromatic rings. The molecule has 3 heteroatoms. The first-order chi connectivity index (χ1) is 7.88. The Labute approximate surface area is 103 Å². The van der Waals surface area contributed by atoms with Crippen molar-refractivity contribution in [3.8, 4) is 0 Å². The number of rotatable bonds is 4. The highest BCUT2D eigenvalue weighted by Gasteiger charge is 2.18. The zero-order valence-corrected chi connectivity index (χ0v) is 10.7. The van der Waals surface area contributed by atoms with Gasteiger partial charge in [-0.25, -0.2) is 0 Å². The quantitative estimate of drug-likeness (QED) is 0.809. The predicted molar refractivity (Wildman–Crippen MR) is 71.4 cm³/mol. The Kier molecular flexibility index (Phi) is 4.69. The van der Waals surface area contributed by atoms with E-state index < -0.39 is 0 Å². The molecule has 1 aliphatic heterocycles. The Morgan fingerprint density at radius 2 is 1.94 bits per heavy atom. The van der Waals surface area contributed by atoms with Crippen LogP contribution in [-0.2, 0) is 6.54 Å². The van der Waals surface area contributed by atoms with Crippen LogP contribution in [0.25, 0.3) is 0 Å². The zero-order chi connectivity index (χ0) is 11.2. The van der Waals surface area contributed by atoms with Gasteiger partial charge >= 0.3 is 0 Å². The molecule has 0 atom stereocenters. The van der Waals surface area contributed by atoms with Crippen LogP contribution in [0.5, 0.6) is 0 Å². The third-order valence-electron chi connectivity index (χ3n) is 3.07. The average Bonchev–Trinajstić information content (AvgIpc) is 2.33. The van der Waals surface area contributed by atoms with Crippen LogP contribution in [0.2, 0.25) is 0 Å². The molecule has 1 heterocycles. The van der Waals surface area contributed by atoms with Crippen molar-refractivity contribution >= 4 is 11.9 Å². The summed E-state index contributed by atoms with van der Waals surface area (Å²) in [5.74, 6) is 0. The minimum atomic E-state index is 0.803. The van der Waals surface area contributed by atoms with Crippen LogP contribution in [0.4, 0.5) is 0 Å². The fourth-order valence-corrected chi connectivity index (χ4v) is 2.97. The molecule has 0 bridgehead atoms. The summed E-state index contributed by atoms with van der Waals surface area (Å²) >= 11 is 1.88. The van der Waals surface area contributed by atoms with Crippen molar-refractivity contribution in [1.29, 1.82) is 0 Å². The lowest BCUT2D eigenvalue weighted by molar-refractivity contribution is 0.224. The van der Waals surface area contributed by atoms with E-state index in [0.717, 1.165) is 11.8 Å². The van der Waals surface area contributed by atoms with Gasteiger partial charge in [-0.2, -0.15) is 0 Å². The van der Waals surface area contributed by atoms with E-state index in [0.29, 0.717) is 0 Å². The lowest BCUT2D eigenvalue weighted by Gasteiger charge is -2.31. The Balaban J connectivity index is 1.77. The molecule has 0 unspecified atom stereocenters. The first-order valence-electron chi connectivity index (χ1n) is 5.97. The second-order valence-corrected chi connectivity index (χ2v) is 5.59. The lowest BCUT2D eigenvalue weighted by atomic mass is 10.1. The van der Waals surface area contributed by atoms with Crippen molar-refractivity contribution in [3.05, 3.63) is 35.9 Å². The maximum atomic E-state index is 3.20. The standard InChI is InChI=1S/C13H20N2S/c1-14-16-13-7-9-15(10-8-13)11-12-5-3-2-4-6-12/h2-6,13-14H,7-11H2,1H3. The van der Waals surface area contributed by atoms with E-state index >= 15 is 0 Å². The molecule has 0 saturated carbocycles. The molecule has 2 rings (SSSR count). The van der Waals surface area contributed by atoms with Gasteiger partial charge in [0.25, 0.3) is 0 Å². The molecule has 0 spiro atoms. The van der Waals surface area contributed by atoms with Crippen LogP contribution in [0.15, 0.2) is 30.3 Å². The van der Waals surface area contributed by atoms with Gasteiger partial charge < -0.3 is 0 Å². The first kappa shape index (κ1) is 12.0. The van der Waals surface area contributed by atoms with E-state index in [4.69, 9.17) is 0 Å². The van der Waals surface area contributed by atoms with Gasteiger partial charge in [-0.3, -0.25) is 9.62 Å². The molecule has 16 heavy (non-hydrogen) atoms. The van der Waals surface area contributed by atoms with Crippen molar-refractivity contribution in [1.82, 2.24) is 9.62 Å². The van der Waals surface area contributed by atoms with Crippen LogP contribution in [0, 0.1) is 0 Å². The van der Waals surface area contributed by atoms with Crippen molar-refractivity contribution in [3.63, 3.8) is 0 Å². The van der Waals surface area contributed by atoms with Crippen LogP contribution < -0.4 is 4.72 Å². The van der Waals surface area contributed by atoms with Crippen molar-refractivity contribution in [2.75, 3.05) is 20.1 Å². The molecule has 1 aliphatic rings. The summed E-state index contributed by atoms with van der Waals surface area (Å²) in [5, 5.41) is 0.803. The molecule has 88 valence electrons. The van der Waals surface area contributed by atoms with Gasteiger partial charge in [-0.05, 0) is 38.5 Å². The largest absolute Gasteiger partial charge is 0.299 e. The summed E-state index contributed by atoms with van der Waals surface area (Å²) in [4.78, 5) is 2.56. The van der Waals surface area contributed by atoms with Crippen LogP contribution in [-0.4, -0.2) is 30.3 Å². The van der Waals surface area contributed by atoms with E-state index in [1.807, 2.05) is 19.0 Å². The Hall–Kier alpha value is -0.510. The fraction of sp³-hybridized carbons (Fsp3) is 0.538. The highest BCUT2D eigenvalue weighted by atomic mass is 32.2. The number of hydrogen-bond acceptors (Lipinski definition) is 3. The smallest absolute Gasteiger partial charge is 0.0233 e. The molecule has 0 aromatic heterocycles. The molecular formula is C13H20N2S. The van der Waals surface area contributed by atoms with Crippen molar-refractivity contribution in [2.24, 2.45) is 0 Å². The van der Waals surface area contributed by atoms with Gasteiger partial charge in [-0.15, -0.1) is 0 Å². The number of piperidine rings is 1. The predicted octanol–water partition coefficient (Wildman–Crippen LogP) is 2.52. The SMILES string of the molecule is CNSC1CCN(Cc2ccccc2)CC1. The van der Waals surface area contributed by atoms with Crippen LogP contribution in [0.1, 0.15) is 18.4 Å². The monoisotopic (exact) mass is 236 g/mol. The Bertz CT molecular complexity index is 294. The second kappa shape index (κ2) is 6.28. The van der Waals surface area contributed by atoms with Crippen LogP contribution >= 0.6 is 11.9 Å². The third kappa shape index (κ3) is 3.51. The van der Waals surface area contributed by atoms with E-state index in [9.17, 15) is 0 Å². The van der Waals surface area contributed by atoms with E-state index in [1.54, 1.807) is 0 Å².